The van der Waals surface area contributed by atoms with Gasteiger partial charge in [-0.3, -0.25) is 0 Å². The van der Waals surface area contributed by atoms with Crippen LogP contribution in [0.1, 0.15) is 18.2 Å². The number of aliphatic hydroxyl groups excluding tert-OH is 1. The van der Waals surface area contributed by atoms with Gasteiger partial charge >= 0.3 is 0 Å². The molecule has 3 N–H and O–H groups in total. The van der Waals surface area contributed by atoms with Crippen LogP contribution >= 0.6 is 0 Å². The van der Waals surface area contributed by atoms with Crippen molar-refractivity contribution in [2.75, 3.05) is 6.54 Å². The van der Waals surface area contributed by atoms with Crippen LogP contribution in [-0.2, 0) is 19.9 Å². The monoisotopic (exact) mass is 182 g/mol. The maximum absolute atomic E-state index is 9.41. The Morgan fingerprint density at radius 2 is 2.31 bits per heavy atom. The van der Waals surface area contributed by atoms with Crippen molar-refractivity contribution in [1.82, 2.24) is 4.57 Å². The highest BCUT2D eigenvalue weighted by Gasteiger charge is 2.09. The molecule has 0 radical (unpaired) electrons. The summed E-state index contributed by atoms with van der Waals surface area (Å²) in [6.07, 6.45) is 3.28. The molecule has 0 fully saturated rings. The zero-order chi connectivity index (χ0) is 9.84. The number of hydrogen-bond acceptors (Lipinski definition) is 2. The van der Waals surface area contributed by atoms with Crippen LogP contribution in [0.2, 0.25) is 0 Å². The van der Waals surface area contributed by atoms with Gasteiger partial charge in [-0.05, 0) is 18.1 Å². The van der Waals surface area contributed by atoms with E-state index in [2.05, 4.69) is 17.6 Å². The van der Waals surface area contributed by atoms with Gasteiger partial charge in [0.05, 0.1) is 6.10 Å². The second-order valence-corrected chi connectivity index (χ2v) is 3.35. The van der Waals surface area contributed by atoms with E-state index in [1.54, 1.807) is 0 Å². The molecule has 0 bridgehead atoms. The summed E-state index contributed by atoms with van der Waals surface area (Å²) in [5.74, 6) is 0. The predicted octanol–water partition coefficient (Wildman–Crippen LogP) is 0.450. The molecule has 0 saturated heterocycles. The molecule has 0 aliphatic carbocycles. The van der Waals surface area contributed by atoms with Crippen molar-refractivity contribution < 1.29 is 5.11 Å². The van der Waals surface area contributed by atoms with Crippen LogP contribution < -0.4 is 5.73 Å². The van der Waals surface area contributed by atoms with Gasteiger partial charge < -0.3 is 15.4 Å². The van der Waals surface area contributed by atoms with E-state index in [-0.39, 0.29) is 0 Å². The third kappa shape index (κ3) is 2.32. The Labute approximate surface area is 79.2 Å². The second-order valence-electron chi connectivity index (χ2n) is 3.35. The van der Waals surface area contributed by atoms with E-state index in [0.29, 0.717) is 13.0 Å². The summed E-state index contributed by atoms with van der Waals surface area (Å²) in [7, 11) is 2.02. The fourth-order valence-corrected chi connectivity index (χ4v) is 1.61. The van der Waals surface area contributed by atoms with Crippen molar-refractivity contribution in [3.8, 4) is 0 Å². The lowest BCUT2D eigenvalue weighted by Gasteiger charge is -2.08. The van der Waals surface area contributed by atoms with Crippen molar-refractivity contribution in [3.63, 3.8) is 0 Å². The number of rotatable bonds is 4. The Bertz CT molecular complexity index is 268. The molecule has 74 valence electrons. The van der Waals surface area contributed by atoms with Gasteiger partial charge in [0, 0.05) is 31.9 Å². The van der Waals surface area contributed by atoms with Gasteiger partial charge in [-0.1, -0.05) is 6.92 Å². The Kier molecular flexibility index (Phi) is 3.51. The Morgan fingerprint density at radius 1 is 1.62 bits per heavy atom. The summed E-state index contributed by atoms with van der Waals surface area (Å²) in [5, 5.41) is 9.41. The van der Waals surface area contributed by atoms with Crippen molar-refractivity contribution in [2.45, 2.75) is 25.9 Å². The van der Waals surface area contributed by atoms with E-state index in [0.717, 1.165) is 6.42 Å². The lowest BCUT2D eigenvalue weighted by atomic mass is 10.1. The third-order valence-electron chi connectivity index (χ3n) is 2.36. The topological polar surface area (TPSA) is 51.2 Å². The molecule has 0 aromatic carbocycles. The number of hydrogen-bond donors (Lipinski definition) is 2. The van der Waals surface area contributed by atoms with Crippen LogP contribution in [0.3, 0.4) is 0 Å². The van der Waals surface area contributed by atoms with E-state index in [4.69, 9.17) is 5.73 Å². The number of aryl methyl sites for hydroxylation is 1. The summed E-state index contributed by atoms with van der Waals surface area (Å²) < 4.78 is 2.10. The minimum Gasteiger partial charge on any atom is -0.391 e. The Hall–Kier alpha value is -0.800. The SMILES string of the molecule is CCc1c(CC(O)CN)ccn1C. The first-order chi connectivity index (χ1) is 6.19. The zero-order valence-electron chi connectivity index (χ0n) is 8.33. The molecule has 1 atom stereocenters. The van der Waals surface area contributed by atoms with Crippen LogP contribution in [-0.4, -0.2) is 22.3 Å². The molecular weight excluding hydrogens is 164 g/mol. The van der Waals surface area contributed by atoms with Gasteiger partial charge in [-0.15, -0.1) is 0 Å². The highest BCUT2D eigenvalue weighted by atomic mass is 16.3. The maximum Gasteiger partial charge on any atom is 0.0703 e. The van der Waals surface area contributed by atoms with Gasteiger partial charge in [0.25, 0.3) is 0 Å². The molecule has 1 rings (SSSR count). The molecule has 0 aliphatic heterocycles. The van der Waals surface area contributed by atoms with Gasteiger partial charge in [0.2, 0.25) is 0 Å². The highest BCUT2D eigenvalue weighted by molar-refractivity contribution is 5.23. The molecule has 3 nitrogen and oxygen atoms in total. The summed E-state index contributed by atoms with van der Waals surface area (Å²) >= 11 is 0. The molecule has 0 amide bonds. The highest BCUT2D eigenvalue weighted by Crippen LogP contribution is 2.12. The predicted molar refractivity (Wildman–Crippen MR) is 53.6 cm³/mol. The first kappa shape index (κ1) is 10.3. The maximum atomic E-state index is 9.41. The zero-order valence-corrected chi connectivity index (χ0v) is 8.33. The molecule has 0 spiro atoms. The lowest BCUT2D eigenvalue weighted by molar-refractivity contribution is 0.183. The molecule has 1 unspecified atom stereocenters. The molecule has 1 aromatic heterocycles. The fraction of sp³-hybridized carbons (Fsp3) is 0.600. The van der Waals surface area contributed by atoms with E-state index in [1.807, 2.05) is 13.2 Å². The molecule has 1 heterocycles. The first-order valence-corrected chi connectivity index (χ1v) is 4.70. The molecule has 0 saturated carbocycles. The Morgan fingerprint density at radius 3 is 2.85 bits per heavy atom. The van der Waals surface area contributed by atoms with Crippen LogP contribution in [0.25, 0.3) is 0 Å². The lowest BCUT2D eigenvalue weighted by Crippen LogP contribution is -2.22. The van der Waals surface area contributed by atoms with Gasteiger partial charge in [-0.25, -0.2) is 0 Å². The fourth-order valence-electron chi connectivity index (χ4n) is 1.61. The molecule has 3 heteroatoms. The average molecular weight is 182 g/mol. The van der Waals surface area contributed by atoms with Crippen molar-refractivity contribution in [3.05, 3.63) is 23.5 Å². The van der Waals surface area contributed by atoms with E-state index in [9.17, 15) is 5.11 Å². The van der Waals surface area contributed by atoms with Crippen LogP contribution in [0, 0.1) is 0 Å². The summed E-state index contributed by atoms with van der Waals surface area (Å²) in [6.45, 7) is 2.45. The van der Waals surface area contributed by atoms with Crippen molar-refractivity contribution >= 4 is 0 Å². The standard InChI is InChI=1S/C10H18N2O/c1-3-10-8(4-5-12(10)2)6-9(13)7-11/h4-5,9,13H,3,6-7,11H2,1-2H3. The number of aliphatic hydroxyl groups is 1. The van der Waals surface area contributed by atoms with Crippen LogP contribution in [0.4, 0.5) is 0 Å². The summed E-state index contributed by atoms with van der Waals surface area (Å²) in [4.78, 5) is 0. The first-order valence-electron chi connectivity index (χ1n) is 4.70. The minimum atomic E-state index is -0.410. The number of aromatic nitrogens is 1. The quantitative estimate of drug-likeness (QED) is 0.710. The van der Waals surface area contributed by atoms with Gasteiger partial charge in [-0.2, -0.15) is 0 Å². The Balaban J connectivity index is 2.76. The molecule has 0 aliphatic rings. The van der Waals surface area contributed by atoms with Crippen LogP contribution in [0.5, 0.6) is 0 Å². The molecular formula is C10H18N2O. The molecule has 1 aromatic rings. The summed E-state index contributed by atoms with van der Waals surface area (Å²) in [5.41, 5.74) is 7.86. The van der Waals surface area contributed by atoms with Gasteiger partial charge in [0.15, 0.2) is 0 Å². The third-order valence-corrected chi connectivity index (χ3v) is 2.36. The minimum absolute atomic E-state index is 0.331. The van der Waals surface area contributed by atoms with E-state index < -0.39 is 6.10 Å². The second kappa shape index (κ2) is 4.44. The van der Waals surface area contributed by atoms with Crippen LogP contribution in [0.15, 0.2) is 12.3 Å². The smallest absolute Gasteiger partial charge is 0.0703 e. The van der Waals surface area contributed by atoms with E-state index in [1.165, 1.54) is 11.3 Å². The van der Waals surface area contributed by atoms with Crippen molar-refractivity contribution in [2.24, 2.45) is 12.8 Å². The average Bonchev–Trinajstić information content (AvgIpc) is 2.46. The number of nitrogens with zero attached hydrogens (tertiary/aromatic N) is 1. The summed E-state index contributed by atoms with van der Waals surface area (Å²) in [6, 6.07) is 2.05. The largest absolute Gasteiger partial charge is 0.391 e. The number of nitrogens with two attached hydrogens (primary N) is 1. The normalized spacial score (nSPS) is 13.2. The van der Waals surface area contributed by atoms with Crippen molar-refractivity contribution in [1.29, 1.82) is 0 Å². The molecule has 13 heavy (non-hydrogen) atoms. The van der Waals surface area contributed by atoms with E-state index >= 15 is 0 Å². The van der Waals surface area contributed by atoms with Gasteiger partial charge in [0.1, 0.15) is 0 Å².